The number of rotatable bonds is 8. The first-order valence-electron chi connectivity index (χ1n) is 9.87. The van der Waals surface area contributed by atoms with Crippen molar-refractivity contribution in [3.8, 4) is 22.9 Å². The van der Waals surface area contributed by atoms with Gasteiger partial charge in [-0.15, -0.1) is 0 Å². The fourth-order valence-electron chi connectivity index (χ4n) is 2.80. The summed E-state index contributed by atoms with van der Waals surface area (Å²) in [6, 6.07) is 10.9. The topological polar surface area (TPSA) is 134 Å². The number of ether oxygens (including phenoxy) is 2. The van der Waals surface area contributed by atoms with Gasteiger partial charge in [-0.05, 0) is 42.3 Å². The number of aromatic nitrogens is 2. The number of benzene rings is 1. The number of anilines is 1. The van der Waals surface area contributed by atoms with Crippen LogP contribution in [0.4, 0.5) is 10.2 Å². The molecule has 0 saturated heterocycles. The second kappa shape index (κ2) is 9.82. The van der Waals surface area contributed by atoms with Gasteiger partial charge < -0.3 is 15.2 Å². The molecule has 2 heterocycles. The molecule has 0 radical (unpaired) electrons. The Morgan fingerprint density at radius 1 is 1.15 bits per heavy atom. The van der Waals surface area contributed by atoms with Crippen molar-refractivity contribution in [3.63, 3.8) is 0 Å². The average Bonchev–Trinajstić information content (AvgIpc) is 2.76. The van der Waals surface area contributed by atoms with E-state index in [0.717, 1.165) is 0 Å². The molecule has 3 rings (SSSR count). The van der Waals surface area contributed by atoms with Gasteiger partial charge >= 0.3 is 0 Å². The molecule has 0 aliphatic heterocycles. The standard InChI is InChI=1S/C22H23FN4O5S/c1-13(2)12-32-16-10-14(9-15(23)11-16)18-8-7-17(22(25-18)31-3)21(28)27-33(29,30)20-6-4-5-19(24)26-20/h4-11,13H,12H2,1-3H3,(H2,24,26)(H,27,28). The van der Waals surface area contributed by atoms with E-state index in [1.54, 1.807) is 6.07 Å². The lowest BCUT2D eigenvalue weighted by Gasteiger charge is -2.12. The van der Waals surface area contributed by atoms with E-state index < -0.39 is 26.8 Å². The first-order chi connectivity index (χ1) is 15.6. The van der Waals surface area contributed by atoms with E-state index in [4.69, 9.17) is 15.2 Å². The number of nitrogens with one attached hydrogen (secondary N) is 1. The van der Waals surface area contributed by atoms with Gasteiger partial charge in [-0.3, -0.25) is 4.79 Å². The predicted octanol–water partition coefficient (Wildman–Crippen LogP) is 3.03. The third-order valence-electron chi connectivity index (χ3n) is 4.30. The van der Waals surface area contributed by atoms with Gasteiger partial charge in [-0.25, -0.2) is 19.1 Å². The van der Waals surface area contributed by atoms with Crippen LogP contribution in [0.25, 0.3) is 11.3 Å². The number of carbonyl (C=O) groups is 1. The Hall–Kier alpha value is -3.73. The maximum absolute atomic E-state index is 14.1. The monoisotopic (exact) mass is 474 g/mol. The molecule has 1 aromatic carbocycles. The molecule has 0 saturated carbocycles. The summed E-state index contributed by atoms with van der Waals surface area (Å²) in [5.74, 6) is -1.06. The largest absolute Gasteiger partial charge is 0.493 e. The number of pyridine rings is 2. The summed E-state index contributed by atoms with van der Waals surface area (Å²) in [6.45, 7) is 4.36. The number of carbonyl (C=O) groups excluding carboxylic acids is 1. The maximum atomic E-state index is 14.1. The Balaban J connectivity index is 1.89. The second-order valence-electron chi connectivity index (χ2n) is 7.47. The minimum Gasteiger partial charge on any atom is -0.493 e. The highest BCUT2D eigenvalue weighted by Gasteiger charge is 2.23. The van der Waals surface area contributed by atoms with Crippen LogP contribution in [-0.4, -0.2) is 38.0 Å². The smallest absolute Gasteiger partial charge is 0.281 e. The summed E-state index contributed by atoms with van der Waals surface area (Å²) in [6.07, 6.45) is 0. The normalized spacial score (nSPS) is 11.3. The summed E-state index contributed by atoms with van der Waals surface area (Å²) < 4.78 is 51.7. The van der Waals surface area contributed by atoms with Crippen LogP contribution in [0.3, 0.4) is 0 Å². The molecule has 174 valence electrons. The summed E-state index contributed by atoms with van der Waals surface area (Å²) in [5.41, 5.74) is 6.08. The quantitative estimate of drug-likeness (QED) is 0.509. The van der Waals surface area contributed by atoms with Gasteiger partial charge in [0.2, 0.25) is 5.88 Å². The van der Waals surface area contributed by atoms with Crippen LogP contribution in [0.2, 0.25) is 0 Å². The Kier molecular flexibility index (Phi) is 7.12. The van der Waals surface area contributed by atoms with Crippen molar-refractivity contribution < 1.29 is 27.1 Å². The van der Waals surface area contributed by atoms with Crippen molar-refractivity contribution in [1.82, 2.24) is 14.7 Å². The lowest BCUT2D eigenvalue weighted by Crippen LogP contribution is -2.31. The van der Waals surface area contributed by atoms with Crippen LogP contribution in [0.1, 0.15) is 24.2 Å². The van der Waals surface area contributed by atoms with Crippen molar-refractivity contribution in [2.45, 2.75) is 18.9 Å². The molecule has 33 heavy (non-hydrogen) atoms. The lowest BCUT2D eigenvalue weighted by molar-refractivity contribution is 0.0977. The summed E-state index contributed by atoms with van der Waals surface area (Å²) in [4.78, 5) is 20.6. The Bertz CT molecular complexity index is 1280. The Labute approximate surface area is 190 Å². The molecule has 3 N–H and O–H groups in total. The summed E-state index contributed by atoms with van der Waals surface area (Å²) in [7, 11) is -3.00. The number of methoxy groups -OCH3 is 1. The highest BCUT2D eigenvalue weighted by Crippen LogP contribution is 2.28. The number of hydrogen-bond donors (Lipinski definition) is 2. The van der Waals surface area contributed by atoms with E-state index in [-0.39, 0.29) is 23.2 Å². The Morgan fingerprint density at radius 2 is 1.91 bits per heavy atom. The van der Waals surface area contributed by atoms with Gasteiger partial charge in [-0.1, -0.05) is 19.9 Å². The molecule has 0 aliphatic carbocycles. The fourth-order valence-corrected chi connectivity index (χ4v) is 3.74. The fraction of sp³-hybridized carbons (Fsp3) is 0.227. The van der Waals surface area contributed by atoms with Crippen LogP contribution in [-0.2, 0) is 10.0 Å². The van der Waals surface area contributed by atoms with Crippen LogP contribution < -0.4 is 19.9 Å². The molecule has 0 fully saturated rings. The van der Waals surface area contributed by atoms with E-state index in [9.17, 15) is 17.6 Å². The van der Waals surface area contributed by atoms with Gasteiger partial charge in [0.1, 0.15) is 22.9 Å². The third-order valence-corrected chi connectivity index (χ3v) is 5.53. The number of amides is 1. The molecule has 1 amide bonds. The SMILES string of the molecule is COc1nc(-c2cc(F)cc(OCC(C)C)c2)ccc1C(=O)NS(=O)(=O)c1cccc(N)n1. The van der Waals surface area contributed by atoms with E-state index in [0.29, 0.717) is 23.6 Å². The molecule has 11 heteroatoms. The van der Waals surface area contributed by atoms with Crippen molar-refractivity contribution in [2.24, 2.45) is 5.92 Å². The number of nitrogens with two attached hydrogens (primary N) is 1. The molecular weight excluding hydrogens is 451 g/mol. The van der Waals surface area contributed by atoms with E-state index in [1.165, 1.54) is 49.6 Å². The van der Waals surface area contributed by atoms with E-state index in [2.05, 4.69) is 9.97 Å². The zero-order valence-electron chi connectivity index (χ0n) is 18.2. The van der Waals surface area contributed by atoms with E-state index >= 15 is 0 Å². The molecule has 0 aliphatic rings. The van der Waals surface area contributed by atoms with Gasteiger partial charge in [0.05, 0.1) is 19.4 Å². The highest BCUT2D eigenvalue weighted by molar-refractivity contribution is 7.90. The Morgan fingerprint density at radius 3 is 2.58 bits per heavy atom. The first kappa shape index (κ1) is 23.9. The van der Waals surface area contributed by atoms with Gasteiger partial charge in [0, 0.05) is 11.6 Å². The van der Waals surface area contributed by atoms with Crippen molar-refractivity contribution >= 4 is 21.7 Å². The van der Waals surface area contributed by atoms with Crippen LogP contribution in [0, 0.1) is 11.7 Å². The van der Waals surface area contributed by atoms with Crippen LogP contribution in [0.5, 0.6) is 11.6 Å². The molecule has 3 aromatic rings. The number of sulfonamides is 1. The van der Waals surface area contributed by atoms with Crippen molar-refractivity contribution in [2.75, 3.05) is 19.5 Å². The predicted molar refractivity (Wildman–Crippen MR) is 120 cm³/mol. The summed E-state index contributed by atoms with van der Waals surface area (Å²) in [5, 5.41) is -0.409. The first-order valence-corrected chi connectivity index (χ1v) is 11.4. The zero-order valence-corrected chi connectivity index (χ0v) is 19.0. The molecule has 0 spiro atoms. The maximum Gasteiger partial charge on any atom is 0.281 e. The molecule has 9 nitrogen and oxygen atoms in total. The molecule has 0 unspecified atom stereocenters. The zero-order chi connectivity index (χ0) is 24.2. The van der Waals surface area contributed by atoms with Crippen LogP contribution in [0.15, 0.2) is 53.6 Å². The number of halogens is 1. The minimum absolute atomic E-state index is 0.0132. The number of nitrogens with zero attached hydrogens (tertiary/aromatic N) is 2. The van der Waals surface area contributed by atoms with Crippen molar-refractivity contribution in [1.29, 1.82) is 0 Å². The third kappa shape index (κ3) is 5.95. The van der Waals surface area contributed by atoms with Crippen molar-refractivity contribution in [3.05, 3.63) is 59.9 Å². The van der Waals surface area contributed by atoms with E-state index in [1.807, 2.05) is 18.6 Å². The lowest BCUT2D eigenvalue weighted by atomic mass is 10.1. The van der Waals surface area contributed by atoms with Gasteiger partial charge in [-0.2, -0.15) is 8.42 Å². The van der Waals surface area contributed by atoms with Crippen LogP contribution >= 0.6 is 0 Å². The molecule has 0 bridgehead atoms. The second-order valence-corrected chi connectivity index (χ2v) is 9.10. The molecular formula is C22H23FN4O5S. The molecule has 2 aromatic heterocycles. The minimum atomic E-state index is -4.28. The van der Waals surface area contributed by atoms with Gasteiger partial charge in [0.15, 0.2) is 5.03 Å². The molecule has 0 atom stereocenters. The van der Waals surface area contributed by atoms with Gasteiger partial charge in [0.25, 0.3) is 15.9 Å². The number of hydrogen-bond acceptors (Lipinski definition) is 8. The average molecular weight is 475 g/mol. The summed E-state index contributed by atoms with van der Waals surface area (Å²) >= 11 is 0. The highest BCUT2D eigenvalue weighted by atomic mass is 32.2. The number of nitrogen functional groups attached to an aromatic ring is 1.